The van der Waals surface area contributed by atoms with Crippen LogP contribution in [0.2, 0.25) is 0 Å². The van der Waals surface area contributed by atoms with Crippen LogP contribution < -0.4 is 10.6 Å². The lowest BCUT2D eigenvalue weighted by atomic mass is 9.92. The molecule has 0 radical (unpaired) electrons. The van der Waals surface area contributed by atoms with Crippen molar-refractivity contribution in [1.29, 1.82) is 0 Å². The van der Waals surface area contributed by atoms with Crippen LogP contribution in [0.25, 0.3) is 0 Å². The van der Waals surface area contributed by atoms with Crippen LogP contribution in [-0.2, 0) is 0 Å². The van der Waals surface area contributed by atoms with Gasteiger partial charge in [0.2, 0.25) is 0 Å². The first-order valence-electron chi connectivity index (χ1n) is 6.96. The summed E-state index contributed by atoms with van der Waals surface area (Å²) in [4.78, 5) is 4.89. The predicted octanol–water partition coefficient (Wildman–Crippen LogP) is -0.180. The molecule has 0 aromatic heterocycles. The molecule has 100 valence electrons. The first kappa shape index (κ1) is 13.3. The third-order valence-corrected chi connectivity index (χ3v) is 4.36. The first-order valence-corrected chi connectivity index (χ1v) is 6.96. The summed E-state index contributed by atoms with van der Waals surface area (Å²) in [7, 11) is 6.58. The molecule has 4 heteroatoms. The van der Waals surface area contributed by atoms with Crippen molar-refractivity contribution in [2.45, 2.75) is 24.9 Å². The van der Waals surface area contributed by atoms with Gasteiger partial charge in [0.1, 0.15) is 0 Å². The van der Waals surface area contributed by atoms with E-state index in [9.17, 15) is 0 Å². The summed E-state index contributed by atoms with van der Waals surface area (Å²) >= 11 is 0. The Labute approximate surface area is 106 Å². The lowest BCUT2D eigenvalue weighted by molar-refractivity contribution is 0.207. The lowest BCUT2D eigenvalue weighted by Gasteiger charge is -2.34. The Morgan fingerprint density at radius 3 is 2.59 bits per heavy atom. The molecule has 0 saturated carbocycles. The van der Waals surface area contributed by atoms with Crippen molar-refractivity contribution in [2.75, 3.05) is 53.9 Å². The Morgan fingerprint density at radius 2 is 2.00 bits per heavy atom. The first-order chi connectivity index (χ1) is 8.19. The standard InChI is InChI=1S/C13H28N4/c1-14-13(11-4-6-16(2)9-11)8-12-10-17(3)7-5-15-12/h11-15H,4-10H2,1-3H3. The van der Waals surface area contributed by atoms with Crippen LogP contribution in [0, 0.1) is 5.92 Å². The van der Waals surface area contributed by atoms with Crippen LogP contribution in [0.5, 0.6) is 0 Å². The van der Waals surface area contributed by atoms with E-state index in [-0.39, 0.29) is 0 Å². The van der Waals surface area contributed by atoms with Crippen molar-refractivity contribution in [3.05, 3.63) is 0 Å². The van der Waals surface area contributed by atoms with Gasteiger partial charge in [0.15, 0.2) is 0 Å². The number of hydrogen-bond donors (Lipinski definition) is 2. The smallest absolute Gasteiger partial charge is 0.0210 e. The Kier molecular flexibility index (Phi) is 4.79. The molecular formula is C13H28N4. The van der Waals surface area contributed by atoms with Gasteiger partial charge in [-0.05, 0) is 46.4 Å². The van der Waals surface area contributed by atoms with Crippen molar-refractivity contribution in [3.8, 4) is 0 Å². The maximum Gasteiger partial charge on any atom is 0.0210 e. The van der Waals surface area contributed by atoms with Crippen molar-refractivity contribution in [3.63, 3.8) is 0 Å². The third-order valence-electron chi connectivity index (χ3n) is 4.36. The Morgan fingerprint density at radius 1 is 1.24 bits per heavy atom. The number of likely N-dealkylation sites (tertiary alicyclic amines) is 1. The fraction of sp³-hybridized carbons (Fsp3) is 1.00. The minimum atomic E-state index is 0.664. The van der Waals surface area contributed by atoms with Crippen molar-refractivity contribution in [1.82, 2.24) is 20.4 Å². The van der Waals surface area contributed by atoms with Crippen molar-refractivity contribution >= 4 is 0 Å². The zero-order valence-electron chi connectivity index (χ0n) is 11.6. The molecule has 0 aromatic rings. The second-order valence-electron chi connectivity index (χ2n) is 5.86. The quantitative estimate of drug-likeness (QED) is 0.714. The van der Waals surface area contributed by atoms with E-state index in [2.05, 4.69) is 41.6 Å². The molecule has 0 aliphatic carbocycles. The predicted molar refractivity (Wildman–Crippen MR) is 72.4 cm³/mol. The fourth-order valence-corrected chi connectivity index (χ4v) is 3.30. The van der Waals surface area contributed by atoms with E-state index in [1.54, 1.807) is 0 Å². The fourth-order valence-electron chi connectivity index (χ4n) is 3.30. The average molecular weight is 240 g/mol. The maximum atomic E-state index is 3.65. The van der Waals surface area contributed by atoms with E-state index in [4.69, 9.17) is 0 Å². The van der Waals surface area contributed by atoms with Crippen LogP contribution >= 0.6 is 0 Å². The molecule has 3 atom stereocenters. The number of nitrogens with zero attached hydrogens (tertiary/aromatic N) is 2. The van der Waals surface area contributed by atoms with Crippen molar-refractivity contribution in [2.24, 2.45) is 5.92 Å². The summed E-state index contributed by atoms with van der Waals surface area (Å²) in [5, 5.41) is 7.20. The van der Waals surface area contributed by atoms with Gasteiger partial charge in [0.25, 0.3) is 0 Å². The van der Waals surface area contributed by atoms with Gasteiger partial charge in [-0.15, -0.1) is 0 Å². The normalized spacial score (nSPS) is 34.1. The van der Waals surface area contributed by atoms with Gasteiger partial charge < -0.3 is 20.4 Å². The zero-order valence-corrected chi connectivity index (χ0v) is 11.6. The Hall–Kier alpha value is -0.160. The molecule has 17 heavy (non-hydrogen) atoms. The monoisotopic (exact) mass is 240 g/mol. The lowest BCUT2D eigenvalue weighted by Crippen LogP contribution is -2.52. The molecule has 2 N–H and O–H groups in total. The van der Waals surface area contributed by atoms with Gasteiger partial charge in [-0.25, -0.2) is 0 Å². The molecule has 2 aliphatic rings. The van der Waals surface area contributed by atoms with Crippen LogP contribution in [0.15, 0.2) is 0 Å². The number of piperazine rings is 1. The minimum absolute atomic E-state index is 0.664. The summed E-state index contributed by atoms with van der Waals surface area (Å²) in [6, 6.07) is 1.33. The Balaban J connectivity index is 1.82. The summed E-state index contributed by atoms with van der Waals surface area (Å²) in [5.74, 6) is 0.832. The highest BCUT2D eigenvalue weighted by Crippen LogP contribution is 2.21. The van der Waals surface area contributed by atoms with E-state index in [1.165, 1.54) is 39.0 Å². The molecule has 2 rings (SSSR count). The summed E-state index contributed by atoms with van der Waals surface area (Å²) in [6.07, 6.45) is 2.61. The second kappa shape index (κ2) is 6.14. The van der Waals surface area contributed by atoms with E-state index < -0.39 is 0 Å². The number of rotatable bonds is 4. The number of nitrogens with one attached hydrogen (secondary N) is 2. The van der Waals surface area contributed by atoms with Crippen molar-refractivity contribution < 1.29 is 0 Å². The van der Waals surface area contributed by atoms with Gasteiger partial charge in [-0.1, -0.05) is 0 Å². The molecule has 4 nitrogen and oxygen atoms in total. The molecule has 2 saturated heterocycles. The second-order valence-corrected chi connectivity index (χ2v) is 5.86. The van der Waals surface area contributed by atoms with Gasteiger partial charge in [-0.2, -0.15) is 0 Å². The summed E-state index contributed by atoms with van der Waals surface area (Å²) < 4.78 is 0. The van der Waals surface area contributed by atoms with Gasteiger partial charge >= 0.3 is 0 Å². The van der Waals surface area contributed by atoms with Crippen LogP contribution in [0.4, 0.5) is 0 Å². The third kappa shape index (κ3) is 3.65. The molecule has 0 aromatic carbocycles. The zero-order chi connectivity index (χ0) is 12.3. The van der Waals surface area contributed by atoms with Crippen LogP contribution in [-0.4, -0.2) is 75.8 Å². The highest BCUT2D eigenvalue weighted by Gasteiger charge is 2.29. The molecular weight excluding hydrogens is 212 g/mol. The van der Waals surface area contributed by atoms with Gasteiger partial charge in [-0.3, -0.25) is 0 Å². The van der Waals surface area contributed by atoms with E-state index in [0.29, 0.717) is 12.1 Å². The molecule has 2 aliphatic heterocycles. The SMILES string of the molecule is CNC(CC1CN(C)CCN1)C1CCN(C)C1. The molecule has 0 spiro atoms. The Bertz CT molecular complexity index is 233. The topological polar surface area (TPSA) is 30.5 Å². The van der Waals surface area contributed by atoms with E-state index >= 15 is 0 Å². The highest BCUT2D eigenvalue weighted by molar-refractivity contribution is 4.88. The number of hydrogen-bond acceptors (Lipinski definition) is 4. The minimum Gasteiger partial charge on any atom is -0.317 e. The molecule has 3 unspecified atom stereocenters. The van der Waals surface area contributed by atoms with E-state index in [1.807, 2.05) is 0 Å². The maximum absolute atomic E-state index is 3.65. The van der Waals surface area contributed by atoms with Gasteiger partial charge in [0.05, 0.1) is 0 Å². The molecule has 0 bridgehead atoms. The van der Waals surface area contributed by atoms with E-state index in [0.717, 1.165) is 12.5 Å². The summed E-state index contributed by atoms with van der Waals surface area (Å²) in [6.45, 7) is 6.05. The number of likely N-dealkylation sites (N-methyl/N-ethyl adjacent to an activating group) is 1. The summed E-state index contributed by atoms with van der Waals surface area (Å²) in [5.41, 5.74) is 0. The van der Waals surface area contributed by atoms with Crippen LogP contribution in [0.3, 0.4) is 0 Å². The van der Waals surface area contributed by atoms with Gasteiger partial charge in [0, 0.05) is 38.3 Å². The molecule has 0 amide bonds. The highest BCUT2D eigenvalue weighted by atomic mass is 15.2. The average Bonchev–Trinajstić information content (AvgIpc) is 2.73. The largest absolute Gasteiger partial charge is 0.317 e. The molecule has 2 heterocycles. The molecule has 2 fully saturated rings. The van der Waals surface area contributed by atoms with Crippen LogP contribution in [0.1, 0.15) is 12.8 Å².